The van der Waals surface area contributed by atoms with Crippen LogP contribution in [0.1, 0.15) is 26.7 Å². The van der Waals surface area contributed by atoms with Gasteiger partial charge in [-0.2, -0.15) is 0 Å². The van der Waals surface area contributed by atoms with E-state index in [4.69, 9.17) is 18.9 Å². The molecule has 0 aromatic carbocycles. The van der Waals surface area contributed by atoms with Gasteiger partial charge in [0.2, 0.25) is 0 Å². The van der Waals surface area contributed by atoms with Crippen molar-refractivity contribution in [1.29, 1.82) is 0 Å². The summed E-state index contributed by atoms with van der Waals surface area (Å²) >= 11 is 0. The Hall–Kier alpha value is -0.160. The summed E-state index contributed by atoms with van der Waals surface area (Å²) in [5, 5.41) is 0. The second-order valence-electron chi connectivity index (χ2n) is 3.39. The van der Waals surface area contributed by atoms with Crippen molar-refractivity contribution in [3.8, 4) is 0 Å². The molecule has 4 heteroatoms. The van der Waals surface area contributed by atoms with E-state index in [1.165, 1.54) is 6.42 Å². The normalized spacial score (nSPS) is 10.9. The highest BCUT2D eigenvalue weighted by atomic mass is 16.6. The first-order valence-corrected chi connectivity index (χ1v) is 6.22. The third-order valence-electron chi connectivity index (χ3n) is 1.96. The topological polar surface area (TPSA) is 36.9 Å². The molecular formula is C12H26O4. The van der Waals surface area contributed by atoms with Gasteiger partial charge in [-0.15, -0.1) is 0 Å². The SMILES string of the molecule is CCCCOCCOCCOCCOCC. The van der Waals surface area contributed by atoms with Crippen LogP contribution in [0.25, 0.3) is 0 Å². The maximum Gasteiger partial charge on any atom is 0.0701 e. The molecule has 0 radical (unpaired) electrons. The minimum Gasteiger partial charge on any atom is -0.379 e. The molecule has 98 valence electrons. The number of hydrogen-bond donors (Lipinski definition) is 0. The Morgan fingerprint density at radius 3 is 1.44 bits per heavy atom. The van der Waals surface area contributed by atoms with E-state index in [9.17, 15) is 0 Å². The largest absolute Gasteiger partial charge is 0.379 e. The van der Waals surface area contributed by atoms with E-state index in [1.54, 1.807) is 0 Å². The van der Waals surface area contributed by atoms with Gasteiger partial charge in [0.05, 0.1) is 39.6 Å². The number of unbranched alkanes of at least 4 members (excludes halogenated alkanes) is 1. The summed E-state index contributed by atoms with van der Waals surface area (Å²) in [4.78, 5) is 0. The smallest absolute Gasteiger partial charge is 0.0701 e. The first kappa shape index (κ1) is 15.8. The number of hydrogen-bond acceptors (Lipinski definition) is 4. The van der Waals surface area contributed by atoms with Crippen molar-refractivity contribution in [2.45, 2.75) is 26.7 Å². The quantitative estimate of drug-likeness (QED) is 0.456. The Kier molecular flexibility index (Phi) is 14.7. The van der Waals surface area contributed by atoms with Crippen LogP contribution in [-0.4, -0.2) is 52.9 Å². The van der Waals surface area contributed by atoms with Gasteiger partial charge in [0.25, 0.3) is 0 Å². The molecule has 16 heavy (non-hydrogen) atoms. The fraction of sp³-hybridized carbons (Fsp3) is 1.00. The van der Waals surface area contributed by atoms with Crippen LogP contribution in [0.3, 0.4) is 0 Å². The molecule has 0 rings (SSSR count). The van der Waals surface area contributed by atoms with Crippen molar-refractivity contribution >= 4 is 0 Å². The molecule has 0 aliphatic carbocycles. The summed E-state index contributed by atoms with van der Waals surface area (Å²) in [5.74, 6) is 0. The summed E-state index contributed by atoms with van der Waals surface area (Å²) in [6, 6.07) is 0. The standard InChI is InChI=1S/C12H26O4/c1-3-5-6-14-9-10-16-12-11-15-8-7-13-4-2/h3-12H2,1-2H3. The average Bonchev–Trinajstić information content (AvgIpc) is 2.31. The summed E-state index contributed by atoms with van der Waals surface area (Å²) in [5.41, 5.74) is 0. The van der Waals surface area contributed by atoms with Crippen LogP contribution < -0.4 is 0 Å². The van der Waals surface area contributed by atoms with E-state index in [0.29, 0.717) is 39.6 Å². The van der Waals surface area contributed by atoms with Crippen LogP contribution in [0.15, 0.2) is 0 Å². The molecule has 0 unspecified atom stereocenters. The maximum absolute atomic E-state index is 5.35. The Bertz CT molecular complexity index is 106. The van der Waals surface area contributed by atoms with Gasteiger partial charge in [-0.1, -0.05) is 13.3 Å². The monoisotopic (exact) mass is 234 g/mol. The third-order valence-corrected chi connectivity index (χ3v) is 1.96. The van der Waals surface area contributed by atoms with E-state index in [1.807, 2.05) is 6.92 Å². The van der Waals surface area contributed by atoms with Crippen LogP contribution >= 0.6 is 0 Å². The molecular weight excluding hydrogens is 208 g/mol. The molecule has 0 saturated heterocycles. The molecule has 0 N–H and O–H groups in total. The molecule has 0 aliphatic rings. The number of ether oxygens (including phenoxy) is 4. The van der Waals surface area contributed by atoms with Crippen molar-refractivity contribution in [1.82, 2.24) is 0 Å². The summed E-state index contributed by atoms with van der Waals surface area (Å²) < 4.78 is 21.1. The van der Waals surface area contributed by atoms with Crippen LogP contribution in [0.4, 0.5) is 0 Å². The third kappa shape index (κ3) is 13.8. The van der Waals surface area contributed by atoms with E-state index in [0.717, 1.165) is 19.6 Å². The molecule has 0 amide bonds. The van der Waals surface area contributed by atoms with E-state index in [2.05, 4.69) is 6.92 Å². The zero-order chi connectivity index (χ0) is 11.9. The van der Waals surface area contributed by atoms with E-state index >= 15 is 0 Å². The Morgan fingerprint density at radius 2 is 1.00 bits per heavy atom. The lowest BCUT2D eigenvalue weighted by Gasteiger charge is -2.06. The first-order valence-electron chi connectivity index (χ1n) is 6.22. The minimum absolute atomic E-state index is 0.627. The van der Waals surface area contributed by atoms with Crippen molar-refractivity contribution in [3.05, 3.63) is 0 Å². The zero-order valence-corrected chi connectivity index (χ0v) is 10.7. The molecule has 4 nitrogen and oxygen atoms in total. The molecule has 0 fully saturated rings. The highest BCUT2D eigenvalue weighted by molar-refractivity contribution is 4.35. The van der Waals surface area contributed by atoms with Gasteiger partial charge in [-0.05, 0) is 13.3 Å². The summed E-state index contributed by atoms with van der Waals surface area (Å²) in [6.07, 6.45) is 2.30. The maximum atomic E-state index is 5.35. The lowest BCUT2D eigenvalue weighted by molar-refractivity contribution is -0.000727. The van der Waals surface area contributed by atoms with Gasteiger partial charge >= 0.3 is 0 Å². The van der Waals surface area contributed by atoms with E-state index in [-0.39, 0.29) is 0 Å². The van der Waals surface area contributed by atoms with Gasteiger partial charge in [0.1, 0.15) is 0 Å². The molecule has 0 aromatic rings. The fourth-order valence-corrected chi connectivity index (χ4v) is 1.05. The lowest BCUT2D eigenvalue weighted by atomic mass is 10.4. The van der Waals surface area contributed by atoms with Crippen LogP contribution in [-0.2, 0) is 18.9 Å². The summed E-state index contributed by atoms with van der Waals surface area (Å²) in [7, 11) is 0. The predicted molar refractivity (Wildman–Crippen MR) is 63.9 cm³/mol. The van der Waals surface area contributed by atoms with Crippen LogP contribution in [0, 0.1) is 0 Å². The van der Waals surface area contributed by atoms with Gasteiger partial charge < -0.3 is 18.9 Å². The molecule has 0 bridgehead atoms. The molecule has 0 aliphatic heterocycles. The first-order chi connectivity index (χ1) is 7.91. The van der Waals surface area contributed by atoms with Crippen molar-refractivity contribution in [2.24, 2.45) is 0 Å². The zero-order valence-electron chi connectivity index (χ0n) is 10.7. The second kappa shape index (κ2) is 14.8. The average molecular weight is 234 g/mol. The van der Waals surface area contributed by atoms with Gasteiger partial charge in [0, 0.05) is 13.2 Å². The van der Waals surface area contributed by atoms with E-state index < -0.39 is 0 Å². The Labute approximate surface area is 99.2 Å². The molecule has 0 aromatic heterocycles. The van der Waals surface area contributed by atoms with Gasteiger partial charge in [-0.3, -0.25) is 0 Å². The highest BCUT2D eigenvalue weighted by Gasteiger charge is 1.91. The Morgan fingerprint density at radius 1 is 0.562 bits per heavy atom. The minimum atomic E-state index is 0.627. The van der Waals surface area contributed by atoms with Crippen molar-refractivity contribution in [2.75, 3.05) is 52.9 Å². The molecule has 0 spiro atoms. The van der Waals surface area contributed by atoms with Crippen LogP contribution in [0.5, 0.6) is 0 Å². The second-order valence-corrected chi connectivity index (χ2v) is 3.39. The number of rotatable bonds is 13. The van der Waals surface area contributed by atoms with Gasteiger partial charge in [-0.25, -0.2) is 0 Å². The van der Waals surface area contributed by atoms with Crippen molar-refractivity contribution in [3.63, 3.8) is 0 Å². The van der Waals surface area contributed by atoms with Gasteiger partial charge in [0.15, 0.2) is 0 Å². The Balaban J connectivity index is 2.83. The molecule has 0 saturated carbocycles. The van der Waals surface area contributed by atoms with Crippen molar-refractivity contribution < 1.29 is 18.9 Å². The summed E-state index contributed by atoms with van der Waals surface area (Å²) in [6.45, 7) is 9.60. The predicted octanol–water partition coefficient (Wildman–Crippen LogP) is 1.87. The lowest BCUT2D eigenvalue weighted by Crippen LogP contribution is -2.12. The fourth-order valence-electron chi connectivity index (χ4n) is 1.05. The highest BCUT2D eigenvalue weighted by Crippen LogP contribution is 1.88. The van der Waals surface area contributed by atoms with Crippen LogP contribution in [0.2, 0.25) is 0 Å². The molecule has 0 atom stereocenters. The molecule has 0 heterocycles.